The number of nitrogen functional groups attached to an aromatic ring is 1. The molecule has 0 aliphatic heterocycles. The molecule has 2 unspecified atom stereocenters. The summed E-state index contributed by atoms with van der Waals surface area (Å²) in [5.74, 6) is 2.21. The molecule has 20 heavy (non-hydrogen) atoms. The summed E-state index contributed by atoms with van der Waals surface area (Å²) in [5.41, 5.74) is 6.54. The van der Waals surface area contributed by atoms with Crippen molar-refractivity contribution in [2.24, 2.45) is 5.92 Å². The van der Waals surface area contributed by atoms with Gasteiger partial charge in [0.15, 0.2) is 0 Å². The standard InChI is InChI=1S/C16H27N3O/c1-11(2)20-16-13(17)9-10-15(18-16)19(4)14-8-6-5-7-12(14)3/h9-12,14H,5-8,17H2,1-4H3. The lowest BCUT2D eigenvalue weighted by Gasteiger charge is -2.37. The van der Waals surface area contributed by atoms with Gasteiger partial charge in [-0.15, -0.1) is 0 Å². The van der Waals surface area contributed by atoms with Gasteiger partial charge in [0.25, 0.3) is 0 Å². The van der Waals surface area contributed by atoms with E-state index in [1.165, 1.54) is 25.7 Å². The molecule has 0 aromatic carbocycles. The molecule has 1 heterocycles. The van der Waals surface area contributed by atoms with Gasteiger partial charge in [-0.2, -0.15) is 4.98 Å². The fraction of sp³-hybridized carbons (Fsp3) is 0.688. The minimum atomic E-state index is 0.0824. The van der Waals surface area contributed by atoms with Crippen molar-refractivity contribution in [2.45, 2.75) is 58.6 Å². The third-order valence-electron chi connectivity index (χ3n) is 4.15. The minimum absolute atomic E-state index is 0.0824. The van der Waals surface area contributed by atoms with Gasteiger partial charge in [0.05, 0.1) is 11.8 Å². The molecule has 1 aromatic heterocycles. The summed E-state index contributed by atoms with van der Waals surface area (Å²) < 4.78 is 5.69. The SMILES string of the molecule is CC(C)Oc1nc(N(C)C2CCCCC2C)ccc1N. The highest BCUT2D eigenvalue weighted by molar-refractivity contribution is 5.54. The summed E-state index contributed by atoms with van der Waals surface area (Å²) in [6, 6.07) is 4.44. The zero-order valence-corrected chi connectivity index (χ0v) is 13.1. The molecule has 1 fully saturated rings. The molecule has 0 radical (unpaired) electrons. The number of rotatable bonds is 4. The van der Waals surface area contributed by atoms with Crippen molar-refractivity contribution in [3.63, 3.8) is 0 Å². The van der Waals surface area contributed by atoms with Crippen LogP contribution in [0.5, 0.6) is 5.88 Å². The molecule has 1 saturated carbocycles. The molecule has 112 valence electrons. The van der Waals surface area contributed by atoms with E-state index in [0.717, 1.165) is 5.82 Å². The monoisotopic (exact) mass is 277 g/mol. The van der Waals surface area contributed by atoms with Gasteiger partial charge in [-0.05, 0) is 44.7 Å². The minimum Gasteiger partial charge on any atom is -0.473 e. The average Bonchev–Trinajstić information content (AvgIpc) is 2.40. The molecule has 4 heteroatoms. The van der Waals surface area contributed by atoms with E-state index in [9.17, 15) is 0 Å². The van der Waals surface area contributed by atoms with Crippen LogP contribution in [0.25, 0.3) is 0 Å². The molecule has 0 spiro atoms. The molecule has 1 aliphatic carbocycles. The van der Waals surface area contributed by atoms with Gasteiger partial charge in [-0.3, -0.25) is 0 Å². The fourth-order valence-corrected chi connectivity index (χ4v) is 3.00. The summed E-state index contributed by atoms with van der Waals surface area (Å²) in [4.78, 5) is 6.89. The molecule has 0 amide bonds. The van der Waals surface area contributed by atoms with Gasteiger partial charge < -0.3 is 15.4 Å². The van der Waals surface area contributed by atoms with Crippen LogP contribution >= 0.6 is 0 Å². The van der Waals surface area contributed by atoms with Crippen molar-refractivity contribution in [3.8, 4) is 5.88 Å². The van der Waals surface area contributed by atoms with Gasteiger partial charge in [0, 0.05) is 13.1 Å². The lowest BCUT2D eigenvalue weighted by molar-refractivity contribution is 0.234. The van der Waals surface area contributed by atoms with Crippen LogP contribution in [0.4, 0.5) is 11.5 Å². The number of pyridine rings is 1. The molecule has 1 aliphatic rings. The van der Waals surface area contributed by atoms with Crippen molar-refractivity contribution < 1.29 is 4.74 Å². The van der Waals surface area contributed by atoms with Crippen LogP contribution in [-0.2, 0) is 0 Å². The predicted octanol–water partition coefficient (Wildman–Crippen LogP) is 3.47. The number of hydrogen-bond donors (Lipinski definition) is 1. The number of anilines is 2. The number of nitrogens with zero attached hydrogens (tertiary/aromatic N) is 2. The zero-order chi connectivity index (χ0) is 14.7. The molecule has 0 saturated heterocycles. The Bertz CT molecular complexity index is 447. The van der Waals surface area contributed by atoms with Crippen molar-refractivity contribution in [1.82, 2.24) is 4.98 Å². The molecular weight excluding hydrogens is 250 g/mol. The Balaban J connectivity index is 2.18. The van der Waals surface area contributed by atoms with Crippen molar-refractivity contribution in [3.05, 3.63) is 12.1 Å². The summed E-state index contributed by atoms with van der Waals surface area (Å²) >= 11 is 0. The number of hydrogen-bond acceptors (Lipinski definition) is 4. The van der Waals surface area contributed by atoms with Crippen LogP contribution in [0, 0.1) is 5.92 Å². The maximum absolute atomic E-state index is 5.94. The molecule has 2 rings (SSSR count). The third-order valence-corrected chi connectivity index (χ3v) is 4.15. The van der Waals surface area contributed by atoms with E-state index in [1.54, 1.807) is 0 Å². The number of aromatic nitrogens is 1. The lowest BCUT2D eigenvalue weighted by Crippen LogP contribution is -2.39. The smallest absolute Gasteiger partial charge is 0.239 e. The van der Waals surface area contributed by atoms with Crippen LogP contribution in [0.2, 0.25) is 0 Å². The van der Waals surface area contributed by atoms with E-state index >= 15 is 0 Å². The van der Waals surface area contributed by atoms with Gasteiger partial charge in [0.1, 0.15) is 5.82 Å². The fourth-order valence-electron chi connectivity index (χ4n) is 3.00. The second-order valence-corrected chi connectivity index (χ2v) is 6.17. The van der Waals surface area contributed by atoms with Crippen molar-refractivity contribution >= 4 is 11.5 Å². The molecule has 2 N–H and O–H groups in total. The Labute approximate surface area is 122 Å². The van der Waals surface area contributed by atoms with Crippen LogP contribution in [-0.4, -0.2) is 24.2 Å². The summed E-state index contributed by atoms with van der Waals surface area (Å²) in [5, 5.41) is 0. The maximum Gasteiger partial charge on any atom is 0.239 e. The number of ether oxygens (including phenoxy) is 1. The van der Waals surface area contributed by atoms with E-state index < -0.39 is 0 Å². The summed E-state index contributed by atoms with van der Waals surface area (Å²) in [7, 11) is 2.13. The first-order valence-electron chi connectivity index (χ1n) is 7.65. The zero-order valence-electron chi connectivity index (χ0n) is 13.1. The van der Waals surface area contributed by atoms with Gasteiger partial charge in [-0.1, -0.05) is 19.8 Å². The molecule has 1 aromatic rings. The lowest BCUT2D eigenvalue weighted by atomic mass is 9.85. The highest BCUT2D eigenvalue weighted by atomic mass is 16.5. The maximum atomic E-state index is 5.94. The van der Waals surface area contributed by atoms with Crippen molar-refractivity contribution in [2.75, 3.05) is 17.7 Å². The van der Waals surface area contributed by atoms with E-state index in [1.807, 2.05) is 26.0 Å². The van der Waals surface area contributed by atoms with Crippen LogP contribution in [0.1, 0.15) is 46.5 Å². The third kappa shape index (κ3) is 3.35. The molecule has 4 nitrogen and oxygen atoms in total. The van der Waals surface area contributed by atoms with Gasteiger partial charge in [-0.25, -0.2) is 0 Å². The van der Waals surface area contributed by atoms with Gasteiger partial charge in [0.2, 0.25) is 5.88 Å². The molecular formula is C16H27N3O. The van der Waals surface area contributed by atoms with Crippen LogP contribution in [0.3, 0.4) is 0 Å². The Hall–Kier alpha value is -1.45. The highest BCUT2D eigenvalue weighted by Crippen LogP contribution is 2.31. The largest absolute Gasteiger partial charge is 0.473 e. The normalized spacial score (nSPS) is 22.9. The van der Waals surface area contributed by atoms with E-state index in [0.29, 0.717) is 23.5 Å². The Kier molecular flexibility index (Phi) is 4.73. The van der Waals surface area contributed by atoms with Crippen molar-refractivity contribution in [1.29, 1.82) is 0 Å². The second kappa shape index (κ2) is 6.33. The first-order chi connectivity index (χ1) is 9.49. The Morgan fingerprint density at radius 3 is 2.65 bits per heavy atom. The summed E-state index contributed by atoms with van der Waals surface area (Å²) in [6.45, 7) is 6.31. The Morgan fingerprint density at radius 2 is 2.00 bits per heavy atom. The first kappa shape index (κ1) is 14.9. The van der Waals surface area contributed by atoms with E-state index in [4.69, 9.17) is 10.5 Å². The quantitative estimate of drug-likeness (QED) is 0.915. The highest BCUT2D eigenvalue weighted by Gasteiger charge is 2.26. The van der Waals surface area contributed by atoms with E-state index in [-0.39, 0.29) is 6.10 Å². The van der Waals surface area contributed by atoms with Crippen LogP contribution in [0.15, 0.2) is 12.1 Å². The predicted molar refractivity (Wildman–Crippen MR) is 84.2 cm³/mol. The second-order valence-electron chi connectivity index (χ2n) is 6.17. The first-order valence-corrected chi connectivity index (χ1v) is 7.65. The van der Waals surface area contributed by atoms with E-state index in [2.05, 4.69) is 23.9 Å². The molecule has 0 bridgehead atoms. The van der Waals surface area contributed by atoms with Crippen LogP contribution < -0.4 is 15.4 Å². The topological polar surface area (TPSA) is 51.4 Å². The molecule has 2 atom stereocenters. The number of nitrogens with two attached hydrogens (primary N) is 1. The summed E-state index contributed by atoms with van der Waals surface area (Å²) in [6.07, 6.45) is 5.29. The Morgan fingerprint density at radius 1 is 1.30 bits per heavy atom. The average molecular weight is 277 g/mol. The van der Waals surface area contributed by atoms with Gasteiger partial charge >= 0.3 is 0 Å².